The monoisotopic (exact) mass is 2110 g/mol. The molecule has 16 heteroatoms. The van der Waals surface area contributed by atoms with Crippen LogP contribution < -0.4 is 14.7 Å². The Labute approximate surface area is 746 Å². The molecule has 4 heterocycles. The van der Waals surface area contributed by atoms with E-state index in [0.29, 0.717) is 11.4 Å². The zero-order chi connectivity index (χ0) is 82.0. The van der Waals surface area contributed by atoms with Crippen molar-refractivity contribution in [1.29, 1.82) is 0 Å². The van der Waals surface area contributed by atoms with E-state index in [1.807, 2.05) is 213 Å². The minimum absolute atomic E-state index is 0. The van der Waals surface area contributed by atoms with Crippen LogP contribution in [0.3, 0.4) is 0 Å². The number of nitrogens with zero attached hydrogens (tertiary/aromatic N) is 11. The van der Waals surface area contributed by atoms with Crippen LogP contribution in [-0.2, 0) is 60.3 Å². The van der Waals surface area contributed by atoms with Crippen LogP contribution >= 0.6 is 11.3 Å². The van der Waals surface area contributed by atoms with Gasteiger partial charge in [-0.2, -0.15) is 142 Å². The van der Waals surface area contributed by atoms with Crippen LogP contribution in [0.1, 0.15) is 61.3 Å². The maximum Gasteiger partial charge on any atom is 3.00 e. The summed E-state index contributed by atoms with van der Waals surface area (Å²) in [6, 6.07) is 110. The molecule has 0 radical (unpaired) electrons. The summed E-state index contributed by atoms with van der Waals surface area (Å²) >= 11 is 1.63. The van der Waals surface area contributed by atoms with E-state index in [1.54, 1.807) is 66.7 Å². The Balaban J connectivity index is 0.000000184. The minimum atomic E-state index is 0. The molecule has 12 aromatic carbocycles. The number of aromatic nitrogens is 5. The van der Waals surface area contributed by atoms with Gasteiger partial charge in [-0.15, -0.1) is 82.9 Å². The number of aryl methyl sites for hydroxylation is 6. The molecule has 0 saturated carbocycles. The van der Waals surface area contributed by atoms with Gasteiger partial charge in [0.15, 0.2) is 0 Å². The van der Waals surface area contributed by atoms with Crippen LogP contribution in [0.15, 0.2) is 331 Å². The van der Waals surface area contributed by atoms with Crippen molar-refractivity contribution in [2.45, 2.75) is 69.2 Å². The summed E-state index contributed by atoms with van der Waals surface area (Å²) in [5.41, 5.74) is 29.4. The quantitative estimate of drug-likeness (QED) is 0.0653. The first-order valence-electron chi connectivity index (χ1n) is 38.1. The molecule has 0 aliphatic carbocycles. The SMILES string of the molecule is CC(=[N-])/C=C(/C)N(C)c1[c-]cc(-c2c(C)cc(-c3ccccc3)cc2C)cc1.CC(=[N-])/C=C(/C)N(C)c1[c-]cc(-c2c(C)cc(-c3ccccc3)cc2C)cc1.CN(/C=C\C=[N-])c1[c-]cc(-c2ccc3c(c2)oc2ccccc23)cc1.Cc1cc(C)n(-c2[c-]cccc2)n1.[Ir+3].[Ir+3].[Ir+3].[c-]1ccccc1-c1nccs1.[c-]1ccccc1-n1cccn1. The standard InChI is InChI=1S/2C26H26N2.C22H16N2O.C11H11N2.C9H7N2.C9H6NS.3Ir/c2*1-18-15-24(22-9-7-6-8-10-22)16-19(2)26(18)23-11-13-25(14-12-23)28(5)21(4)17-20(3)27;1-24(14-4-13-23)18-10-7-16(8-11-18)17-9-12-20-19-5-2-3-6-21(19)25-22(20)15-17;1-9-8-10(2)13(12-9)11-6-4-3-5-7-11;1-2-5-9(6-3-1)11-8-4-7-10-11;1-2-4-8(5-3-1)9-10-6-7-11-9;;;/h2*6-13,15-17H,1-5H3;2-10,12-15H,1H3;3-6,8H,1-2H3;1-5,7-8H;1-4,6-7H;;;/q3*-2;3*-1;3*+3/b2*21-17-;14-4-;;;;;;. The summed E-state index contributed by atoms with van der Waals surface area (Å²) < 4.78 is 9.64. The number of anilines is 3. The Hall–Kier alpha value is -11.9. The molecule has 0 saturated heterocycles. The summed E-state index contributed by atoms with van der Waals surface area (Å²) in [5.74, 6) is 0. The van der Waals surface area contributed by atoms with Gasteiger partial charge in [0.1, 0.15) is 11.2 Å². The zero-order valence-electron chi connectivity index (χ0n) is 68.8. The van der Waals surface area contributed by atoms with Crippen molar-refractivity contribution in [3.8, 4) is 77.6 Å². The van der Waals surface area contributed by atoms with Crippen LogP contribution in [-0.4, -0.2) is 63.3 Å². The van der Waals surface area contributed by atoms with Crippen LogP contribution in [0.4, 0.5) is 17.1 Å². The minimum Gasteiger partial charge on any atom is -0.811 e. The molecular formula is C103H92Ir3N11OS. The zero-order valence-corrected chi connectivity index (χ0v) is 76.8. The average molecular weight is 2110 g/mol. The topological polar surface area (TPSA) is 138 Å². The number of benzene rings is 12. The Morgan fingerprint density at radius 1 is 0.445 bits per heavy atom. The molecule has 0 aliphatic heterocycles. The number of rotatable bonds is 17. The Morgan fingerprint density at radius 2 is 0.924 bits per heavy atom. The average Bonchev–Trinajstić information content (AvgIpc) is 1.50. The van der Waals surface area contributed by atoms with Gasteiger partial charge in [0.05, 0.1) is 5.69 Å². The smallest absolute Gasteiger partial charge is 0.811 e. The van der Waals surface area contributed by atoms with E-state index in [1.165, 1.54) is 66.8 Å². The molecule has 119 heavy (non-hydrogen) atoms. The molecule has 0 spiro atoms. The molecule has 16 aromatic rings. The predicted octanol–water partition coefficient (Wildman–Crippen LogP) is 25.8. The Bertz CT molecular complexity index is 5690. The summed E-state index contributed by atoms with van der Waals surface area (Å²) in [6.07, 6.45) is 13.3. The van der Waals surface area contributed by atoms with Gasteiger partial charge in [-0.25, -0.2) is 0 Å². The van der Waals surface area contributed by atoms with Gasteiger partial charge < -0.3 is 35.3 Å². The van der Waals surface area contributed by atoms with Crippen molar-refractivity contribution < 1.29 is 64.7 Å². The van der Waals surface area contributed by atoms with E-state index < -0.39 is 0 Å². The van der Waals surface area contributed by atoms with Crippen molar-refractivity contribution >= 4 is 68.0 Å². The summed E-state index contributed by atoms with van der Waals surface area (Å²) in [4.78, 5) is 10.1. The van der Waals surface area contributed by atoms with Crippen molar-refractivity contribution in [3.05, 3.63) is 413 Å². The molecule has 0 unspecified atom stereocenters. The molecule has 598 valence electrons. The Kier molecular flexibility index (Phi) is 35.6. The van der Waals surface area contributed by atoms with Crippen molar-refractivity contribution in [2.75, 3.05) is 35.8 Å². The third-order valence-electron chi connectivity index (χ3n) is 19.1. The molecular weight excluding hydrogens is 2020 g/mol. The first kappa shape index (κ1) is 92.6. The fourth-order valence-corrected chi connectivity index (χ4v) is 14.0. The number of thiazole rings is 1. The Morgan fingerprint density at radius 3 is 1.37 bits per heavy atom. The molecule has 0 N–H and O–H groups in total. The van der Waals surface area contributed by atoms with Gasteiger partial charge >= 0.3 is 60.3 Å². The van der Waals surface area contributed by atoms with Crippen LogP contribution in [0, 0.1) is 77.9 Å². The number of hydrogen-bond donors (Lipinski definition) is 0. The van der Waals surface area contributed by atoms with Crippen LogP contribution in [0.5, 0.6) is 0 Å². The van der Waals surface area contributed by atoms with Gasteiger partial charge in [0.25, 0.3) is 0 Å². The normalized spacial score (nSPS) is 10.7. The largest absolute Gasteiger partial charge is 3.00 e. The number of para-hydroxylation sites is 3. The fourth-order valence-electron chi connectivity index (χ4n) is 13.3. The van der Waals surface area contributed by atoms with Gasteiger partial charge in [-0.3, -0.25) is 14.3 Å². The molecule has 0 atom stereocenters. The molecule has 16 rings (SSSR count). The van der Waals surface area contributed by atoms with E-state index in [0.717, 1.165) is 101 Å². The number of fused-ring (bicyclic) bond motifs is 3. The first-order chi connectivity index (χ1) is 56.2. The predicted molar refractivity (Wildman–Crippen MR) is 489 cm³/mol. The van der Waals surface area contributed by atoms with Crippen molar-refractivity contribution in [2.24, 2.45) is 0 Å². The van der Waals surface area contributed by atoms with E-state index in [2.05, 4.69) is 213 Å². The number of hydrogen-bond acceptors (Lipinski definition) is 8. The van der Waals surface area contributed by atoms with Crippen molar-refractivity contribution in [1.82, 2.24) is 24.5 Å². The second-order valence-corrected chi connectivity index (χ2v) is 28.8. The second kappa shape index (κ2) is 45.7. The maximum absolute atomic E-state index is 9.48. The first-order valence-corrected chi connectivity index (χ1v) is 39.0. The van der Waals surface area contributed by atoms with Crippen LogP contribution in [0.2, 0.25) is 0 Å². The molecule has 0 aliphatic rings. The maximum atomic E-state index is 9.48. The fraction of sp³-hybridized carbons (Fsp3) is 0.126. The molecule has 12 nitrogen and oxygen atoms in total. The summed E-state index contributed by atoms with van der Waals surface area (Å²) in [7, 11) is 5.86. The van der Waals surface area contributed by atoms with E-state index in [9.17, 15) is 10.8 Å². The number of furan rings is 1. The van der Waals surface area contributed by atoms with Gasteiger partial charge in [-0.05, 0) is 119 Å². The summed E-state index contributed by atoms with van der Waals surface area (Å²) in [5, 5.41) is 41.4. The molecule has 4 aromatic heterocycles. The third-order valence-corrected chi connectivity index (χ3v) is 19.9. The molecule has 0 fully saturated rings. The second-order valence-electron chi connectivity index (χ2n) is 27.9. The van der Waals surface area contributed by atoms with E-state index in [4.69, 9.17) is 9.83 Å². The third kappa shape index (κ3) is 25.5. The van der Waals surface area contributed by atoms with Crippen molar-refractivity contribution in [3.63, 3.8) is 0 Å². The van der Waals surface area contributed by atoms with Gasteiger partial charge in [-0.1, -0.05) is 203 Å². The number of allylic oxidation sites excluding steroid dienone is 5. The van der Waals surface area contributed by atoms with Crippen LogP contribution in [0.25, 0.3) is 116 Å². The van der Waals surface area contributed by atoms with E-state index >= 15 is 0 Å². The molecule has 0 bridgehead atoms. The van der Waals surface area contributed by atoms with Gasteiger partial charge in [0, 0.05) is 78.0 Å². The van der Waals surface area contributed by atoms with Gasteiger partial charge in [0.2, 0.25) is 0 Å². The molecule has 0 amide bonds. The summed E-state index contributed by atoms with van der Waals surface area (Å²) in [6.45, 7) is 20.0. The van der Waals surface area contributed by atoms with E-state index in [-0.39, 0.29) is 60.3 Å².